The number of amides is 1. The quantitative estimate of drug-likeness (QED) is 0.579. The molecule has 172 valence electrons. The Morgan fingerprint density at radius 1 is 1.28 bits per heavy atom. The molecule has 0 bridgehead atoms. The predicted molar refractivity (Wildman–Crippen MR) is 127 cm³/mol. The fourth-order valence-corrected chi connectivity index (χ4v) is 4.29. The second-order valence-electron chi connectivity index (χ2n) is 8.56. The molecule has 2 aromatic rings. The monoisotopic (exact) mass is 458 g/mol. The number of aryl methyl sites for hydroxylation is 2. The van der Waals surface area contributed by atoms with Gasteiger partial charge >= 0.3 is 5.69 Å². The highest BCUT2D eigenvalue weighted by Crippen LogP contribution is 2.26. The Balaban J connectivity index is 2.46. The smallest absolute Gasteiger partial charge is 0.330 e. The number of nitrogens with zero attached hydrogens (tertiary/aromatic N) is 4. The van der Waals surface area contributed by atoms with Crippen molar-refractivity contribution < 1.29 is 4.79 Å². The van der Waals surface area contributed by atoms with Gasteiger partial charge in [0.15, 0.2) is 5.69 Å². The molecule has 0 fully saturated rings. The van der Waals surface area contributed by atoms with Gasteiger partial charge in [-0.05, 0) is 37.3 Å². The first-order chi connectivity index (χ1) is 15.0. The summed E-state index contributed by atoms with van der Waals surface area (Å²) in [5, 5.41) is 9.94. The highest BCUT2D eigenvalue weighted by atomic mass is 32.2. The topological polar surface area (TPSA) is 138 Å². The van der Waals surface area contributed by atoms with Gasteiger partial charge in [-0.3, -0.25) is 19.1 Å². The molecule has 3 N–H and O–H groups in total. The zero-order valence-corrected chi connectivity index (χ0v) is 20.2. The van der Waals surface area contributed by atoms with Crippen molar-refractivity contribution in [2.45, 2.75) is 53.1 Å². The van der Waals surface area contributed by atoms with Crippen molar-refractivity contribution in [2.24, 2.45) is 11.8 Å². The number of nitrogens with two attached hydrogens (primary N) is 1. The van der Waals surface area contributed by atoms with E-state index in [1.807, 2.05) is 47.6 Å². The lowest BCUT2D eigenvalue weighted by atomic mass is 10.1. The van der Waals surface area contributed by atoms with Crippen LogP contribution in [0.25, 0.3) is 0 Å². The second kappa shape index (κ2) is 10.5. The molecular formula is C22H30N6O3S. The van der Waals surface area contributed by atoms with Crippen molar-refractivity contribution in [3.8, 4) is 6.07 Å². The van der Waals surface area contributed by atoms with Gasteiger partial charge in [0.2, 0.25) is 5.91 Å². The van der Waals surface area contributed by atoms with Gasteiger partial charge in [0, 0.05) is 18.8 Å². The number of aromatic nitrogens is 3. The van der Waals surface area contributed by atoms with Gasteiger partial charge in [-0.2, -0.15) is 5.26 Å². The maximum Gasteiger partial charge on any atom is 0.330 e. The van der Waals surface area contributed by atoms with Crippen LogP contribution in [0.1, 0.15) is 44.5 Å². The van der Waals surface area contributed by atoms with Crippen LogP contribution in [0.5, 0.6) is 0 Å². The average Bonchev–Trinajstić information content (AvgIpc) is 2.67. The molecular weight excluding hydrogens is 428 g/mol. The van der Waals surface area contributed by atoms with Crippen molar-refractivity contribution in [3.05, 3.63) is 43.7 Å². The molecule has 9 nitrogen and oxygen atoms in total. The Morgan fingerprint density at radius 3 is 2.50 bits per heavy atom. The lowest BCUT2D eigenvalue weighted by molar-refractivity contribution is -0.116. The van der Waals surface area contributed by atoms with Crippen molar-refractivity contribution in [2.75, 3.05) is 22.9 Å². The highest BCUT2D eigenvalue weighted by Gasteiger charge is 2.26. The van der Waals surface area contributed by atoms with E-state index in [-0.39, 0.29) is 41.5 Å². The molecule has 0 aliphatic heterocycles. The molecule has 0 spiro atoms. The van der Waals surface area contributed by atoms with E-state index in [0.29, 0.717) is 17.1 Å². The Hall–Kier alpha value is -3.06. The SMILES string of the molecule is Cc1cc(C)c(C#N)c(SCC(=O)N(CC(C)C)c2c(N)n(CC(C)C)c(=O)[nH]c2=O)n1. The molecule has 0 saturated carbocycles. The summed E-state index contributed by atoms with van der Waals surface area (Å²) >= 11 is 1.14. The number of H-pyrrole nitrogens is 1. The zero-order valence-electron chi connectivity index (χ0n) is 19.4. The standard InChI is InChI=1S/C22H30N6O3S/c1-12(2)9-27(18-19(24)28(10-13(3)4)22(31)26-20(18)30)17(29)11-32-21-16(8-23)14(5)7-15(6)25-21/h7,12-13H,9-11,24H2,1-6H3,(H,26,30,31). The van der Waals surface area contributed by atoms with Gasteiger partial charge in [0.05, 0.1) is 11.3 Å². The molecule has 2 heterocycles. The fourth-order valence-electron chi connectivity index (χ4n) is 3.32. The number of rotatable bonds is 8. The number of nitrogen functional groups attached to an aromatic ring is 1. The van der Waals surface area contributed by atoms with Crippen LogP contribution in [0.3, 0.4) is 0 Å². The van der Waals surface area contributed by atoms with Crippen LogP contribution < -0.4 is 21.9 Å². The summed E-state index contributed by atoms with van der Waals surface area (Å²) in [5.74, 6) is -0.283. The van der Waals surface area contributed by atoms with Crippen LogP contribution in [0.15, 0.2) is 20.7 Å². The van der Waals surface area contributed by atoms with Crippen LogP contribution in [0, 0.1) is 37.0 Å². The predicted octanol–water partition coefficient (Wildman–Crippen LogP) is 2.44. The number of nitrogens with one attached hydrogen (secondary N) is 1. The molecule has 1 amide bonds. The van der Waals surface area contributed by atoms with Crippen molar-refractivity contribution in [3.63, 3.8) is 0 Å². The van der Waals surface area contributed by atoms with Crippen LogP contribution in [0.4, 0.5) is 11.5 Å². The minimum atomic E-state index is -0.700. The summed E-state index contributed by atoms with van der Waals surface area (Å²) in [5.41, 5.74) is 6.85. The van der Waals surface area contributed by atoms with E-state index in [2.05, 4.69) is 16.0 Å². The van der Waals surface area contributed by atoms with Crippen molar-refractivity contribution in [1.82, 2.24) is 14.5 Å². The van der Waals surface area contributed by atoms with Gasteiger partial charge in [-0.25, -0.2) is 9.78 Å². The summed E-state index contributed by atoms with van der Waals surface area (Å²) in [6.45, 7) is 11.9. The molecule has 0 aromatic carbocycles. The lowest BCUT2D eigenvalue weighted by Crippen LogP contribution is -2.43. The molecule has 0 radical (unpaired) electrons. The third-order valence-corrected chi connectivity index (χ3v) is 5.60. The Kier molecular flexibility index (Phi) is 8.27. The first-order valence-electron chi connectivity index (χ1n) is 10.4. The second-order valence-corrected chi connectivity index (χ2v) is 9.52. The normalized spacial score (nSPS) is 11.1. The zero-order chi connectivity index (χ0) is 24.2. The van der Waals surface area contributed by atoms with Gasteiger partial charge in [0.25, 0.3) is 5.56 Å². The number of carbonyl (C=O) groups excluding carboxylic acids is 1. The molecule has 0 aliphatic rings. The van der Waals surface area contributed by atoms with E-state index in [9.17, 15) is 19.6 Å². The van der Waals surface area contributed by atoms with E-state index >= 15 is 0 Å². The van der Waals surface area contributed by atoms with Crippen LogP contribution in [-0.2, 0) is 11.3 Å². The minimum absolute atomic E-state index is 0.0292. The van der Waals surface area contributed by atoms with Crippen LogP contribution in [0.2, 0.25) is 0 Å². The number of hydrogen-bond donors (Lipinski definition) is 2. The third kappa shape index (κ3) is 5.79. The van der Waals surface area contributed by atoms with Crippen molar-refractivity contribution in [1.29, 1.82) is 5.26 Å². The Bertz CT molecular complexity index is 1160. The molecule has 2 rings (SSSR count). The van der Waals surface area contributed by atoms with Gasteiger partial charge < -0.3 is 10.6 Å². The lowest BCUT2D eigenvalue weighted by Gasteiger charge is -2.26. The van der Waals surface area contributed by atoms with Crippen LogP contribution in [-0.4, -0.2) is 32.7 Å². The number of thioether (sulfide) groups is 1. The summed E-state index contributed by atoms with van der Waals surface area (Å²) in [6, 6.07) is 3.95. The largest absolute Gasteiger partial charge is 0.383 e. The van der Waals surface area contributed by atoms with E-state index in [0.717, 1.165) is 23.0 Å². The first-order valence-corrected chi connectivity index (χ1v) is 11.4. The Labute approximate surface area is 191 Å². The molecule has 0 unspecified atom stereocenters. The number of aromatic amines is 1. The molecule has 0 saturated heterocycles. The minimum Gasteiger partial charge on any atom is -0.383 e. The number of pyridine rings is 1. The number of anilines is 2. The van der Waals surface area contributed by atoms with Gasteiger partial charge in [-0.1, -0.05) is 39.5 Å². The average molecular weight is 459 g/mol. The third-order valence-electron chi connectivity index (χ3n) is 4.64. The fraction of sp³-hybridized carbons (Fsp3) is 0.500. The molecule has 2 aromatic heterocycles. The summed E-state index contributed by atoms with van der Waals surface area (Å²) in [4.78, 5) is 46.2. The number of carbonyl (C=O) groups is 1. The summed E-state index contributed by atoms with van der Waals surface area (Å²) in [7, 11) is 0. The molecule has 0 atom stereocenters. The first kappa shape index (κ1) is 25.2. The van der Waals surface area contributed by atoms with Crippen LogP contribution >= 0.6 is 11.8 Å². The highest BCUT2D eigenvalue weighted by molar-refractivity contribution is 8.00. The summed E-state index contributed by atoms with van der Waals surface area (Å²) in [6.07, 6.45) is 0. The molecule has 10 heteroatoms. The van der Waals surface area contributed by atoms with Gasteiger partial charge in [0.1, 0.15) is 16.9 Å². The van der Waals surface area contributed by atoms with Gasteiger partial charge in [-0.15, -0.1) is 0 Å². The van der Waals surface area contributed by atoms with E-state index < -0.39 is 11.2 Å². The maximum absolute atomic E-state index is 13.2. The number of hydrogen-bond acceptors (Lipinski definition) is 7. The maximum atomic E-state index is 13.2. The van der Waals surface area contributed by atoms with E-state index in [1.54, 1.807) is 0 Å². The molecule has 0 aliphatic carbocycles. The van der Waals surface area contributed by atoms with E-state index in [1.165, 1.54) is 9.47 Å². The van der Waals surface area contributed by atoms with Crippen molar-refractivity contribution >= 4 is 29.2 Å². The van der Waals surface area contributed by atoms with E-state index in [4.69, 9.17) is 5.73 Å². The molecule has 32 heavy (non-hydrogen) atoms. The number of nitriles is 1. The Morgan fingerprint density at radius 2 is 1.94 bits per heavy atom. The summed E-state index contributed by atoms with van der Waals surface area (Å²) < 4.78 is 1.29.